The Bertz CT molecular complexity index is 735. The van der Waals surface area contributed by atoms with E-state index in [-0.39, 0.29) is 12.1 Å². The molecule has 106 valence electrons. The number of furan rings is 1. The van der Waals surface area contributed by atoms with Crippen LogP contribution in [0.2, 0.25) is 5.02 Å². The van der Waals surface area contributed by atoms with Crippen molar-refractivity contribution < 1.29 is 4.42 Å². The maximum Gasteiger partial charge on any atom is 0.222 e. The quantitative estimate of drug-likeness (QED) is 0.784. The number of halogens is 1. The van der Waals surface area contributed by atoms with Gasteiger partial charge >= 0.3 is 0 Å². The predicted molar refractivity (Wildman–Crippen MR) is 79.3 cm³/mol. The molecule has 0 bridgehead atoms. The molecule has 1 aliphatic heterocycles. The van der Waals surface area contributed by atoms with Crippen molar-refractivity contribution in [3.05, 3.63) is 65.3 Å². The summed E-state index contributed by atoms with van der Waals surface area (Å²) in [6, 6.07) is 11.9. The SMILES string of the molecule is Clc1ccc([C@@H]2C[C@@H](c3ccco3)n3ncnc3N2)cc1. The average Bonchev–Trinajstić information content (AvgIpc) is 3.18. The fourth-order valence-corrected chi connectivity index (χ4v) is 2.88. The van der Waals surface area contributed by atoms with Crippen LogP contribution in [0, 0.1) is 0 Å². The maximum absolute atomic E-state index is 5.96. The molecule has 0 saturated carbocycles. The molecule has 1 aromatic carbocycles. The Morgan fingerprint density at radius 2 is 2.10 bits per heavy atom. The summed E-state index contributed by atoms with van der Waals surface area (Å²) < 4.78 is 7.43. The summed E-state index contributed by atoms with van der Waals surface area (Å²) in [5.74, 6) is 1.64. The summed E-state index contributed by atoms with van der Waals surface area (Å²) in [6.07, 6.45) is 4.08. The van der Waals surface area contributed by atoms with E-state index in [0.717, 1.165) is 23.2 Å². The van der Waals surface area contributed by atoms with E-state index in [0.29, 0.717) is 0 Å². The van der Waals surface area contributed by atoms with E-state index in [2.05, 4.69) is 15.4 Å². The minimum Gasteiger partial charge on any atom is -0.467 e. The Kier molecular flexibility index (Phi) is 2.93. The Morgan fingerprint density at radius 3 is 2.86 bits per heavy atom. The van der Waals surface area contributed by atoms with Crippen molar-refractivity contribution >= 4 is 17.5 Å². The second-order valence-corrected chi connectivity index (χ2v) is 5.48. The molecule has 2 atom stereocenters. The number of fused-ring (bicyclic) bond motifs is 1. The molecule has 3 aromatic rings. The Morgan fingerprint density at radius 1 is 1.24 bits per heavy atom. The Labute approximate surface area is 126 Å². The third-order valence-electron chi connectivity index (χ3n) is 3.77. The normalized spacial score (nSPS) is 20.8. The lowest BCUT2D eigenvalue weighted by atomic mass is 9.96. The molecule has 6 heteroatoms. The second kappa shape index (κ2) is 4.93. The smallest absolute Gasteiger partial charge is 0.222 e. The van der Waals surface area contributed by atoms with Gasteiger partial charge in [-0.05, 0) is 29.8 Å². The van der Waals surface area contributed by atoms with Crippen molar-refractivity contribution in [3.63, 3.8) is 0 Å². The number of hydrogen-bond donors (Lipinski definition) is 1. The monoisotopic (exact) mass is 300 g/mol. The van der Waals surface area contributed by atoms with Crippen molar-refractivity contribution in [3.8, 4) is 0 Å². The highest BCUT2D eigenvalue weighted by molar-refractivity contribution is 6.30. The van der Waals surface area contributed by atoms with E-state index in [1.807, 2.05) is 41.1 Å². The van der Waals surface area contributed by atoms with E-state index in [9.17, 15) is 0 Å². The third kappa shape index (κ3) is 2.19. The molecule has 5 nitrogen and oxygen atoms in total. The highest BCUT2D eigenvalue weighted by Crippen LogP contribution is 2.37. The van der Waals surface area contributed by atoms with Crippen LogP contribution in [0.3, 0.4) is 0 Å². The third-order valence-corrected chi connectivity index (χ3v) is 4.03. The maximum atomic E-state index is 5.96. The number of benzene rings is 1. The van der Waals surface area contributed by atoms with Gasteiger partial charge in [-0.1, -0.05) is 23.7 Å². The Hall–Kier alpha value is -2.27. The van der Waals surface area contributed by atoms with E-state index >= 15 is 0 Å². The van der Waals surface area contributed by atoms with Gasteiger partial charge in [0, 0.05) is 11.4 Å². The fraction of sp³-hybridized carbons (Fsp3) is 0.200. The summed E-state index contributed by atoms with van der Waals surface area (Å²) in [5.41, 5.74) is 1.17. The summed E-state index contributed by atoms with van der Waals surface area (Å²) in [5, 5.41) is 8.44. The largest absolute Gasteiger partial charge is 0.467 e. The first-order valence-corrected chi connectivity index (χ1v) is 7.14. The van der Waals surface area contributed by atoms with Gasteiger partial charge < -0.3 is 9.73 Å². The van der Waals surface area contributed by atoms with Crippen molar-refractivity contribution in [2.24, 2.45) is 0 Å². The van der Waals surface area contributed by atoms with E-state index in [4.69, 9.17) is 16.0 Å². The average molecular weight is 301 g/mol. The van der Waals surface area contributed by atoms with Crippen molar-refractivity contribution in [1.29, 1.82) is 0 Å². The first-order chi connectivity index (χ1) is 10.3. The summed E-state index contributed by atoms with van der Waals surface area (Å²) in [4.78, 5) is 4.28. The highest BCUT2D eigenvalue weighted by Gasteiger charge is 2.31. The number of aromatic nitrogens is 3. The lowest BCUT2D eigenvalue weighted by Gasteiger charge is -2.30. The lowest BCUT2D eigenvalue weighted by molar-refractivity contribution is 0.358. The van der Waals surface area contributed by atoms with Crippen LogP contribution >= 0.6 is 11.6 Å². The van der Waals surface area contributed by atoms with Crippen LogP contribution in [-0.2, 0) is 0 Å². The minimum absolute atomic E-state index is 0.0411. The predicted octanol–water partition coefficient (Wildman–Crippen LogP) is 3.67. The van der Waals surface area contributed by atoms with Crippen LogP contribution < -0.4 is 5.32 Å². The molecule has 0 fully saturated rings. The topological polar surface area (TPSA) is 55.9 Å². The molecule has 0 aliphatic carbocycles. The van der Waals surface area contributed by atoms with Gasteiger partial charge in [0.2, 0.25) is 5.95 Å². The summed E-state index contributed by atoms with van der Waals surface area (Å²) in [6.45, 7) is 0. The minimum atomic E-state index is 0.0411. The van der Waals surface area contributed by atoms with Crippen LogP contribution in [-0.4, -0.2) is 14.8 Å². The van der Waals surface area contributed by atoms with Crippen molar-refractivity contribution in [1.82, 2.24) is 14.8 Å². The number of anilines is 1. The molecule has 0 amide bonds. The zero-order valence-corrected chi connectivity index (χ0v) is 11.9. The van der Waals surface area contributed by atoms with Gasteiger partial charge in [0.1, 0.15) is 18.1 Å². The second-order valence-electron chi connectivity index (χ2n) is 5.04. The van der Waals surface area contributed by atoms with Gasteiger partial charge in [-0.2, -0.15) is 10.1 Å². The van der Waals surface area contributed by atoms with Crippen LogP contribution in [0.4, 0.5) is 5.95 Å². The molecule has 2 aromatic heterocycles. The summed E-state index contributed by atoms with van der Waals surface area (Å²) >= 11 is 5.96. The van der Waals surface area contributed by atoms with Gasteiger partial charge in [0.25, 0.3) is 0 Å². The van der Waals surface area contributed by atoms with Crippen LogP contribution in [0.25, 0.3) is 0 Å². The zero-order chi connectivity index (χ0) is 14.2. The molecule has 1 N–H and O–H groups in total. The van der Waals surface area contributed by atoms with Gasteiger partial charge in [-0.3, -0.25) is 0 Å². The van der Waals surface area contributed by atoms with Gasteiger partial charge in [0.05, 0.1) is 12.3 Å². The molecule has 0 saturated heterocycles. The lowest BCUT2D eigenvalue weighted by Crippen LogP contribution is -2.27. The fourth-order valence-electron chi connectivity index (χ4n) is 2.75. The van der Waals surface area contributed by atoms with Crippen molar-refractivity contribution in [2.75, 3.05) is 5.32 Å². The van der Waals surface area contributed by atoms with Crippen LogP contribution in [0.1, 0.15) is 29.8 Å². The standard InChI is InChI=1S/C15H13ClN4O/c16-11-5-3-10(4-6-11)12-8-13(14-2-1-7-21-14)20-15(19-12)17-9-18-20/h1-7,9,12-13H,8H2,(H,17,18,19)/t12-,13-/m0/s1. The Balaban J connectivity index is 1.72. The highest BCUT2D eigenvalue weighted by atomic mass is 35.5. The number of hydrogen-bond acceptors (Lipinski definition) is 4. The molecule has 0 spiro atoms. The molecule has 1 aliphatic rings. The molecule has 0 unspecified atom stereocenters. The van der Waals surface area contributed by atoms with E-state index in [1.54, 1.807) is 12.6 Å². The van der Waals surface area contributed by atoms with Crippen LogP contribution in [0.5, 0.6) is 0 Å². The van der Waals surface area contributed by atoms with Gasteiger partial charge in [0.15, 0.2) is 0 Å². The van der Waals surface area contributed by atoms with E-state index < -0.39 is 0 Å². The summed E-state index contributed by atoms with van der Waals surface area (Å²) in [7, 11) is 0. The molecule has 0 radical (unpaired) electrons. The zero-order valence-electron chi connectivity index (χ0n) is 11.1. The first kappa shape index (κ1) is 12.5. The molecular weight excluding hydrogens is 288 g/mol. The molecule has 4 rings (SSSR count). The first-order valence-electron chi connectivity index (χ1n) is 6.76. The van der Waals surface area contributed by atoms with E-state index in [1.165, 1.54) is 5.56 Å². The van der Waals surface area contributed by atoms with Gasteiger partial charge in [-0.25, -0.2) is 4.68 Å². The van der Waals surface area contributed by atoms with Crippen LogP contribution in [0.15, 0.2) is 53.4 Å². The molecule has 3 heterocycles. The number of nitrogens with one attached hydrogen (secondary N) is 1. The van der Waals surface area contributed by atoms with Crippen molar-refractivity contribution in [2.45, 2.75) is 18.5 Å². The van der Waals surface area contributed by atoms with Gasteiger partial charge in [-0.15, -0.1) is 0 Å². The molecule has 21 heavy (non-hydrogen) atoms. The molecular formula is C15H13ClN4O. The number of nitrogens with zero attached hydrogens (tertiary/aromatic N) is 3. The number of rotatable bonds is 2.